The van der Waals surface area contributed by atoms with E-state index >= 15 is 0 Å². The number of piperidine rings is 4. The van der Waals surface area contributed by atoms with Crippen molar-refractivity contribution in [3.63, 3.8) is 0 Å². The van der Waals surface area contributed by atoms with Crippen LogP contribution in [0.1, 0.15) is 154 Å². The van der Waals surface area contributed by atoms with Crippen LogP contribution in [0.25, 0.3) is 0 Å². The molecule has 7 heteroatoms. The van der Waals surface area contributed by atoms with Gasteiger partial charge in [-0.15, -0.1) is 0 Å². The Labute approximate surface area is 323 Å². The summed E-state index contributed by atoms with van der Waals surface area (Å²) in [6.45, 7) is 4.99. The minimum Gasteiger partial charge on any atom is -0.312 e. The van der Waals surface area contributed by atoms with Crippen molar-refractivity contribution >= 4 is 0 Å². The van der Waals surface area contributed by atoms with Crippen molar-refractivity contribution in [3.05, 3.63) is 0 Å². The number of likely N-dealkylation sites (tertiary alicyclic amines) is 1. The van der Waals surface area contributed by atoms with Crippen molar-refractivity contribution in [3.8, 4) is 0 Å². The average molecular weight is 731 g/mol. The first-order valence-corrected chi connectivity index (χ1v) is 24.5. The number of rotatable bonds is 4. The molecule has 7 nitrogen and oxygen atoms in total. The first-order chi connectivity index (χ1) is 26.3. The fourth-order valence-corrected chi connectivity index (χ4v) is 17.1. The third kappa shape index (κ3) is 6.46. The fourth-order valence-electron chi connectivity index (χ4n) is 17.1. The van der Waals surface area contributed by atoms with Gasteiger partial charge in [0.2, 0.25) is 0 Å². The second-order valence-electron chi connectivity index (χ2n) is 21.2. The number of nitrogens with zero attached hydrogens (tertiary/aromatic N) is 2. The molecule has 5 aliphatic carbocycles. The lowest BCUT2D eigenvalue weighted by Crippen LogP contribution is -2.64. The molecular formula is C46H78N6O. The predicted octanol–water partition coefficient (Wildman–Crippen LogP) is 7.01. The zero-order chi connectivity index (χ0) is 34.9. The van der Waals surface area contributed by atoms with Gasteiger partial charge in [-0.1, -0.05) is 25.7 Å². The van der Waals surface area contributed by atoms with E-state index < -0.39 is 0 Å². The number of hydrogen-bond acceptors (Lipinski definition) is 7. The maximum atomic E-state index is 7.39. The highest BCUT2D eigenvalue weighted by atomic mass is 16.7. The zero-order valence-electron chi connectivity index (χ0n) is 33.5. The van der Waals surface area contributed by atoms with Crippen molar-refractivity contribution in [1.29, 1.82) is 0 Å². The molecule has 0 aromatic heterocycles. The fraction of sp³-hybridized carbons (Fsp3) is 1.00. The van der Waals surface area contributed by atoms with Crippen molar-refractivity contribution in [2.75, 3.05) is 26.2 Å². The van der Waals surface area contributed by atoms with E-state index in [0.29, 0.717) is 18.2 Å². The highest BCUT2D eigenvalue weighted by molar-refractivity contribution is 5.13. The van der Waals surface area contributed by atoms with Gasteiger partial charge in [-0.25, -0.2) is 0 Å². The van der Waals surface area contributed by atoms with Gasteiger partial charge in [0.15, 0.2) is 0 Å². The molecule has 6 aliphatic heterocycles. The molecule has 11 rings (SSSR count). The Hall–Kier alpha value is -0.280. The topological polar surface area (TPSA) is 63.8 Å². The summed E-state index contributed by atoms with van der Waals surface area (Å²) in [4.78, 5) is 10.7. The summed E-state index contributed by atoms with van der Waals surface area (Å²) >= 11 is 0. The lowest BCUT2D eigenvalue weighted by Gasteiger charge is -2.59. The number of hydroxylamine groups is 2. The maximum Gasteiger partial charge on any atom is 0.0824 e. The van der Waals surface area contributed by atoms with Crippen LogP contribution in [0.2, 0.25) is 0 Å². The van der Waals surface area contributed by atoms with Crippen LogP contribution in [0.4, 0.5) is 0 Å². The minimum atomic E-state index is 0.506. The summed E-state index contributed by atoms with van der Waals surface area (Å²) < 4.78 is 0. The quantitative estimate of drug-likeness (QED) is 0.249. The van der Waals surface area contributed by atoms with Crippen LogP contribution in [0.3, 0.4) is 0 Å². The molecule has 0 radical (unpaired) electrons. The van der Waals surface area contributed by atoms with Crippen LogP contribution in [-0.2, 0) is 4.84 Å². The monoisotopic (exact) mass is 731 g/mol. The van der Waals surface area contributed by atoms with Crippen LogP contribution < -0.4 is 21.3 Å². The summed E-state index contributed by atoms with van der Waals surface area (Å²) in [6.07, 6.45) is 34.9. The summed E-state index contributed by atoms with van der Waals surface area (Å²) in [5.74, 6) is 7.29. The molecule has 0 bridgehead atoms. The first-order valence-electron chi connectivity index (χ1n) is 24.5. The number of fused-ring (bicyclic) bond motifs is 9. The SMILES string of the molecule is C1CNC2C(C1)NCCC2C1CCC(N2OC3CCCCC3C3C4C5CCCCC5N(C5CCC(C6CCNC7CCCNC76)CC5)C4CCC32)CC1. The van der Waals surface area contributed by atoms with Gasteiger partial charge in [-0.3, -0.25) is 9.74 Å². The van der Waals surface area contributed by atoms with E-state index in [1.165, 1.54) is 180 Å². The molecule has 0 aromatic rings. The van der Waals surface area contributed by atoms with E-state index in [9.17, 15) is 0 Å². The Morgan fingerprint density at radius 2 is 0.943 bits per heavy atom. The van der Waals surface area contributed by atoms with Crippen LogP contribution in [0.5, 0.6) is 0 Å². The molecule has 298 valence electrons. The van der Waals surface area contributed by atoms with Crippen molar-refractivity contribution < 1.29 is 4.84 Å². The second-order valence-corrected chi connectivity index (χ2v) is 21.2. The van der Waals surface area contributed by atoms with E-state index in [1.54, 1.807) is 0 Å². The summed E-state index contributed by atoms with van der Waals surface area (Å²) in [6, 6.07) is 6.91. The number of hydrogen-bond donors (Lipinski definition) is 4. The molecular weight excluding hydrogens is 653 g/mol. The summed E-state index contributed by atoms with van der Waals surface area (Å²) in [7, 11) is 0. The Morgan fingerprint density at radius 1 is 0.377 bits per heavy atom. The summed E-state index contributed by atoms with van der Waals surface area (Å²) in [5, 5.41) is 18.6. The zero-order valence-corrected chi connectivity index (χ0v) is 33.5. The van der Waals surface area contributed by atoms with Gasteiger partial charge in [0, 0.05) is 54.4 Å². The van der Waals surface area contributed by atoms with Crippen LogP contribution in [-0.4, -0.2) is 96.6 Å². The van der Waals surface area contributed by atoms with Gasteiger partial charge < -0.3 is 21.3 Å². The molecule has 11 fully saturated rings. The Bertz CT molecular complexity index is 1230. The van der Waals surface area contributed by atoms with E-state index in [-0.39, 0.29) is 0 Å². The van der Waals surface area contributed by atoms with Gasteiger partial charge in [0.25, 0.3) is 0 Å². The van der Waals surface area contributed by atoms with Crippen LogP contribution >= 0.6 is 0 Å². The Balaban J connectivity index is 0.803. The summed E-state index contributed by atoms with van der Waals surface area (Å²) in [5.41, 5.74) is 0. The van der Waals surface area contributed by atoms with Crippen molar-refractivity contribution in [1.82, 2.24) is 31.2 Å². The molecule has 14 unspecified atom stereocenters. The Kier molecular flexibility index (Phi) is 10.5. The largest absolute Gasteiger partial charge is 0.312 e. The van der Waals surface area contributed by atoms with E-state index in [1.807, 2.05) is 0 Å². The molecule has 5 saturated carbocycles. The molecule has 53 heavy (non-hydrogen) atoms. The number of nitrogens with one attached hydrogen (secondary N) is 4. The van der Waals surface area contributed by atoms with Gasteiger partial charge in [0.05, 0.1) is 6.10 Å². The molecule has 0 spiro atoms. The standard InChI is InChI=1S/C46H78N6O/c1-3-11-39-35(7-1)43-40(51(39)31-17-13-29(14-18-31)33-23-27-47-37-9-5-25-49-45(33)37)21-22-41-44(43)36-8-2-4-12-42(36)53-52(41)32-19-15-30(16-20-32)34-24-28-48-38-10-6-26-50-46(34)38/h29-50H,1-28H2. The van der Waals surface area contributed by atoms with Crippen LogP contribution in [0.15, 0.2) is 0 Å². The minimum absolute atomic E-state index is 0.506. The van der Waals surface area contributed by atoms with E-state index in [4.69, 9.17) is 4.84 Å². The third-order valence-corrected chi connectivity index (χ3v) is 19.1. The average Bonchev–Trinajstić information content (AvgIpc) is 3.57. The lowest BCUT2D eigenvalue weighted by molar-refractivity contribution is -0.326. The highest BCUT2D eigenvalue weighted by Crippen LogP contribution is 2.59. The van der Waals surface area contributed by atoms with Crippen molar-refractivity contribution in [2.45, 2.75) is 215 Å². The lowest BCUT2D eigenvalue weighted by atomic mass is 9.58. The normalized spacial score (nSPS) is 53.7. The molecule has 6 saturated heterocycles. The molecule has 0 amide bonds. The molecule has 4 N–H and O–H groups in total. The molecule has 0 aromatic carbocycles. The van der Waals surface area contributed by atoms with Gasteiger partial charge in [-0.2, -0.15) is 5.06 Å². The molecule has 14 atom stereocenters. The second kappa shape index (κ2) is 15.5. The first kappa shape index (κ1) is 35.8. The van der Waals surface area contributed by atoms with Gasteiger partial charge in [-0.05, 0) is 202 Å². The van der Waals surface area contributed by atoms with Crippen LogP contribution in [0, 0.1) is 47.3 Å². The third-order valence-electron chi connectivity index (χ3n) is 19.1. The maximum absolute atomic E-state index is 7.39. The Morgan fingerprint density at radius 3 is 1.62 bits per heavy atom. The highest BCUT2D eigenvalue weighted by Gasteiger charge is 2.62. The van der Waals surface area contributed by atoms with Gasteiger partial charge >= 0.3 is 0 Å². The van der Waals surface area contributed by atoms with Crippen molar-refractivity contribution in [2.24, 2.45) is 47.3 Å². The molecule has 6 heterocycles. The van der Waals surface area contributed by atoms with E-state index in [2.05, 4.69) is 31.2 Å². The predicted molar refractivity (Wildman–Crippen MR) is 213 cm³/mol. The van der Waals surface area contributed by atoms with Gasteiger partial charge in [0.1, 0.15) is 0 Å². The smallest absolute Gasteiger partial charge is 0.0824 e. The van der Waals surface area contributed by atoms with E-state index in [0.717, 1.165) is 89.6 Å². The molecule has 11 aliphatic rings.